The fraction of sp³-hybridized carbons (Fsp3) is 0.692. The van der Waals surface area contributed by atoms with Crippen LogP contribution >= 0.6 is 0 Å². The quantitative estimate of drug-likeness (QED) is 0.782. The van der Waals surface area contributed by atoms with Crippen LogP contribution in [0.5, 0.6) is 0 Å². The van der Waals surface area contributed by atoms with Crippen molar-refractivity contribution in [3.63, 3.8) is 0 Å². The first-order valence-corrected chi connectivity index (χ1v) is 6.18. The second-order valence-corrected chi connectivity index (χ2v) is 5.29. The Morgan fingerprint density at radius 1 is 1.38 bits per heavy atom. The van der Waals surface area contributed by atoms with Crippen LogP contribution in [0.25, 0.3) is 0 Å². The Morgan fingerprint density at radius 3 is 2.69 bits per heavy atom. The van der Waals surface area contributed by atoms with Crippen molar-refractivity contribution >= 4 is 5.95 Å². The predicted octanol–water partition coefficient (Wildman–Crippen LogP) is 2.66. The molecule has 3 nitrogen and oxygen atoms in total. The van der Waals surface area contributed by atoms with E-state index in [1.54, 1.807) is 0 Å². The van der Waals surface area contributed by atoms with E-state index in [1.807, 2.05) is 19.3 Å². The highest BCUT2D eigenvalue weighted by Crippen LogP contribution is 2.25. The molecule has 0 aromatic carbocycles. The summed E-state index contributed by atoms with van der Waals surface area (Å²) in [6.07, 6.45) is 6.41. The van der Waals surface area contributed by atoms with Crippen molar-refractivity contribution in [3.8, 4) is 0 Å². The first-order valence-electron chi connectivity index (χ1n) is 6.18. The molecule has 1 saturated heterocycles. The lowest BCUT2D eigenvalue weighted by molar-refractivity contribution is 0.441. The van der Waals surface area contributed by atoms with Gasteiger partial charge in [-0.25, -0.2) is 9.97 Å². The van der Waals surface area contributed by atoms with E-state index in [4.69, 9.17) is 0 Å². The maximum Gasteiger partial charge on any atom is 0.225 e. The summed E-state index contributed by atoms with van der Waals surface area (Å²) in [5.74, 6) is 2.52. The smallest absolute Gasteiger partial charge is 0.225 e. The van der Waals surface area contributed by atoms with Crippen molar-refractivity contribution in [1.29, 1.82) is 0 Å². The summed E-state index contributed by atoms with van der Waals surface area (Å²) >= 11 is 0. The molecule has 0 aliphatic carbocycles. The molecule has 1 unspecified atom stereocenters. The fourth-order valence-corrected chi connectivity index (χ4v) is 2.42. The van der Waals surface area contributed by atoms with Crippen molar-refractivity contribution in [2.24, 2.45) is 11.8 Å². The first-order chi connectivity index (χ1) is 7.65. The van der Waals surface area contributed by atoms with Gasteiger partial charge in [0.25, 0.3) is 0 Å². The van der Waals surface area contributed by atoms with Crippen LogP contribution in [0.3, 0.4) is 0 Å². The summed E-state index contributed by atoms with van der Waals surface area (Å²) in [6.45, 7) is 8.85. The van der Waals surface area contributed by atoms with Crippen LogP contribution < -0.4 is 4.90 Å². The largest absolute Gasteiger partial charge is 0.341 e. The Kier molecular flexibility index (Phi) is 3.42. The van der Waals surface area contributed by atoms with E-state index in [1.165, 1.54) is 12.8 Å². The molecule has 1 aromatic rings. The van der Waals surface area contributed by atoms with Gasteiger partial charge in [-0.3, -0.25) is 0 Å². The summed E-state index contributed by atoms with van der Waals surface area (Å²) in [5.41, 5.74) is 1.13. The second-order valence-electron chi connectivity index (χ2n) is 5.29. The molecular weight excluding hydrogens is 198 g/mol. The number of anilines is 1. The third-order valence-electron chi connectivity index (χ3n) is 3.14. The van der Waals surface area contributed by atoms with Crippen LogP contribution in [0.2, 0.25) is 0 Å². The molecule has 1 aliphatic heterocycles. The van der Waals surface area contributed by atoms with Gasteiger partial charge in [0, 0.05) is 25.5 Å². The van der Waals surface area contributed by atoms with Crippen LogP contribution in [0.15, 0.2) is 12.4 Å². The predicted molar refractivity (Wildman–Crippen MR) is 66.5 cm³/mol. The molecule has 0 saturated carbocycles. The molecule has 3 heteroatoms. The monoisotopic (exact) mass is 219 g/mol. The van der Waals surface area contributed by atoms with Crippen LogP contribution in [-0.2, 0) is 0 Å². The van der Waals surface area contributed by atoms with E-state index in [0.29, 0.717) is 0 Å². The Morgan fingerprint density at radius 2 is 2.06 bits per heavy atom. The SMILES string of the molecule is Cc1cnc(N2CCC(CC(C)C)C2)nc1. The molecule has 2 heterocycles. The summed E-state index contributed by atoms with van der Waals surface area (Å²) in [6, 6.07) is 0. The molecule has 0 spiro atoms. The third kappa shape index (κ3) is 2.71. The zero-order valence-electron chi connectivity index (χ0n) is 10.5. The lowest BCUT2D eigenvalue weighted by Gasteiger charge is -2.16. The zero-order valence-corrected chi connectivity index (χ0v) is 10.5. The highest BCUT2D eigenvalue weighted by molar-refractivity contribution is 5.31. The van der Waals surface area contributed by atoms with Crippen LogP contribution in [0, 0.1) is 18.8 Å². The normalized spacial score (nSPS) is 20.8. The highest BCUT2D eigenvalue weighted by Gasteiger charge is 2.24. The van der Waals surface area contributed by atoms with Crippen molar-refractivity contribution in [2.75, 3.05) is 18.0 Å². The Labute approximate surface area is 97.9 Å². The van der Waals surface area contributed by atoms with Crippen LogP contribution in [0.1, 0.15) is 32.3 Å². The van der Waals surface area contributed by atoms with Crippen molar-refractivity contribution in [3.05, 3.63) is 18.0 Å². The molecule has 0 radical (unpaired) electrons. The standard InChI is InChI=1S/C13H21N3/c1-10(2)6-12-4-5-16(9-12)13-14-7-11(3)8-15-13/h7-8,10,12H,4-6,9H2,1-3H3. The zero-order chi connectivity index (χ0) is 11.5. The maximum atomic E-state index is 4.39. The Bertz CT molecular complexity index is 332. The molecule has 1 fully saturated rings. The van der Waals surface area contributed by atoms with Gasteiger partial charge in [0.15, 0.2) is 0 Å². The Hall–Kier alpha value is -1.12. The van der Waals surface area contributed by atoms with E-state index in [9.17, 15) is 0 Å². The lowest BCUT2D eigenvalue weighted by atomic mass is 9.97. The van der Waals surface area contributed by atoms with Gasteiger partial charge in [0.1, 0.15) is 0 Å². The molecular formula is C13H21N3. The summed E-state index contributed by atoms with van der Waals surface area (Å²) in [5, 5.41) is 0. The minimum atomic E-state index is 0.795. The summed E-state index contributed by atoms with van der Waals surface area (Å²) in [7, 11) is 0. The molecule has 1 aliphatic rings. The highest BCUT2D eigenvalue weighted by atomic mass is 15.3. The minimum Gasteiger partial charge on any atom is -0.341 e. The molecule has 1 aromatic heterocycles. The van der Waals surface area contributed by atoms with Gasteiger partial charge in [0.2, 0.25) is 5.95 Å². The number of aromatic nitrogens is 2. The van der Waals surface area contributed by atoms with Crippen molar-refractivity contribution < 1.29 is 0 Å². The molecule has 16 heavy (non-hydrogen) atoms. The van der Waals surface area contributed by atoms with Gasteiger partial charge in [0.05, 0.1) is 0 Å². The van der Waals surface area contributed by atoms with E-state index >= 15 is 0 Å². The van der Waals surface area contributed by atoms with Crippen molar-refractivity contribution in [1.82, 2.24) is 9.97 Å². The number of hydrogen-bond donors (Lipinski definition) is 0. The average molecular weight is 219 g/mol. The van der Waals surface area contributed by atoms with Gasteiger partial charge >= 0.3 is 0 Å². The molecule has 0 N–H and O–H groups in total. The van der Waals surface area contributed by atoms with E-state index < -0.39 is 0 Å². The van der Waals surface area contributed by atoms with Gasteiger partial charge < -0.3 is 4.90 Å². The molecule has 1 atom stereocenters. The van der Waals surface area contributed by atoms with Crippen molar-refractivity contribution in [2.45, 2.75) is 33.6 Å². The number of nitrogens with zero attached hydrogens (tertiary/aromatic N) is 3. The van der Waals surface area contributed by atoms with Crippen LogP contribution in [0.4, 0.5) is 5.95 Å². The van der Waals surface area contributed by atoms with Gasteiger partial charge in [-0.15, -0.1) is 0 Å². The fourth-order valence-electron chi connectivity index (χ4n) is 2.42. The van der Waals surface area contributed by atoms with Gasteiger partial charge in [-0.1, -0.05) is 13.8 Å². The van der Waals surface area contributed by atoms with Gasteiger partial charge in [-0.2, -0.15) is 0 Å². The van der Waals surface area contributed by atoms with E-state index in [2.05, 4.69) is 28.7 Å². The molecule has 0 amide bonds. The van der Waals surface area contributed by atoms with E-state index in [0.717, 1.165) is 36.4 Å². The molecule has 88 valence electrons. The third-order valence-corrected chi connectivity index (χ3v) is 3.14. The van der Waals surface area contributed by atoms with Gasteiger partial charge in [-0.05, 0) is 37.2 Å². The maximum absolute atomic E-state index is 4.39. The number of aryl methyl sites for hydroxylation is 1. The summed E-state index contributed by atoms with van der Waals surface area (Å²) in [4.78, 5) is 11.1. The molecule has 0 bridgehead atoms. The first kappa shape index (κ1) is 11.4. The minimum absolute atomic E-state index is 0.795. The average Bonchev–Trinajstić information content (AvgIpc) is 2.66. The van der Waals surface area contributed by atoms with E-state index in [-0.39, 0.29) is 0 Å². The second kappa shape index (κ2) is 4.81. The van der Waals surface area contributed by atoms with Crippen LogP contribution in [-0.4, -0.2) is 23.1 Å². The lowest BCUT2D eigenvalue weighted by Crippen LogP contribution is -2.22. The molecule has 2 rings (SSSR count). The number of rotatable bonds is 3. The summed E-state index contributed by atoms with van der Waals surface area (Å²) < 4.78 is 0. The number of hydrogen-bond acceptors (Lipinski definition) is 3. The topological polar surface area (TPSA) is 29.0 Å². The Balaban J connectivity index is 1.95.